The number of hydrazone groups is 1. The van der Waals surface area contributed by atoms with Crippen LogP contribution >= 0.6 is 15.9 Å². The Balaban J connectivity index is 1.94. The summed E-state index contributed by atoms with van der Waals surface area (Å²) in [5, 5.41) is 3.91. The van der Waals surface area contributed by atoms with Gasteiger partial charge in [0.2, 0.25) is 0 Å². The lowest BCUT2D eigenvalue weighted by Crippen LogP contribution is -2.14. The first-order chi connectivity index (χ1) is 11.6. The quantitative estimate of drug-likeness (QED) is 0.466. The predicted molar refractivity (Wildman–Crippen MR) is 98.5 cm³/mol. The lowest BCUT2D eigenvalue weighted by molar-refractivity contribution is -0.116. The van der Waals surface area contributed by atoms with Crippen LogP contribution in [0.4, 0.5) is 0 Å². The van der Waals surface area contributed by atoms with Gasteiger partial charge in [0, 0.05) is 10.5 Å². The molecule has 0 fully saturated rings. The maximum absolute atomic E-state index is 11.8. The number of nitrogens with zero attached hydrogens (tertiary/aromatic N) is 1. The van der Waals surface area contributed by atoms with Gasteiger partial charge >= 0.3 is 0 Å². The Bertz CT molecular complexity index is 755. The number of carbonyl (C=O) groups is 1. The first-order valence-electron chi connectivity index (χ1n) is 7.11. The van der Waals surface area contributed by atoms with Gasteiger partial charge in [0.15, 0.2) is 11.5 Å². The molecule has 0 unspecified atom stereocenters. The summed E-state index contributed by atoms with van der Waals surface area (Å²) in [6, 6.07) is 13.0. The Morgan fingerprint density at radius 2 is 1.71 bits per heavy atom. The molecule has 0 aliphatic carbocycles. The summed E-state index contributed by atoms with van der Waals surface area (Å²) in [7, 11) is 3.14. The van der Waals surface area contributed by atoms with E-state index in [1.807, 2.05) is 30.3 Å². The van der Waals surface area contributed by atoms with Gasteiger partial charge in [-0.3, -0.25) is 4.79 Å². The van der Waals surface area contributed by atoms with Gasteiger partial charge in [0.05, 0.1) is 20.4 Å². The SMILES string of the molecule is COc1ccc(C=CC(=O)NN=Cc2ccc(Br)cc2)cc1OC. The minimum atomic E-state index is -0.321. The van der Waals surface area contributed by atoms with E-state index < -0.39 is 0 Å². The molecule has 5 nitrogen and oxygen atoms in total. The van der Waals surface area contributed by atoms with Crippen molar-refractivity contribution in [3.8, 4) is 11.5 Å². The summed E-state index contributed by atoms with van der Waals surface area (Å²) in [6.45, 7) is 0. The molecular weight excluding hydrogens is 372 g/mol. The van der Waals surface area contributed by atoms with Crippen molar-refractivity contribution in [2.75, 3.05) is 14.2 Å². The molecule has 0 atom stereocenters. The summed E-state index contributed by atoms with van der Waals surface area (Å²) < 4.78 is 11.4. The molecule has 124 valence electrons. The first-order valence-corrected chi connectivity index (χ1v) is 7.90. The van der Waals surface area contributed by atoms with Crippen molar-refractivity contribution < 1.29 is 14.3 Å². The molecule has 0 aromatic heterocycles. The molecule has 0 aliphatic heterocycles. The normalized spacial score (nSPS) is 11.0. The molecule has 1 amide bonds. The van der Waals surface area contributed by atoms with E-state index in [9.17, 15) is 4.79 Å². The second-order valence-electron chi connectivity index (χ2n) is 4.73. The number of hydrogen-bond donors (Lipinski definition) is 1. The van der Waals surface area contributed by atoms with Gasteiger partial charge < -0.3 is 9.47 Å². The van der Waals surface area contributed by atoms with Crippen LogP contribution in [-0.2, 0) is 4.79 Å². The summed E-state index contributed by atoms with van der Waals surface area (Å²) >= 11 is 3.36. The number of benzene rings is 2. The van der Waals surface area contributed by atoms with Crippen molar-refractivity contribution in [3.05, 3.63) is 64.1 Å². The number of ether oxygens (including phenoxy) is 2. The van der Waals surface area contributed by atoms with Crippen molar-refractivity contribution in [1.29, 1.82) is 0 Å². The Hall–Kier alpha value is -2.60. The highest BCUT2D eigenvalue weighted by molar-refractivity contribution is 9.10. The van der Waals surface area contributed by atoms with E-state index >= 15 is 0 Å². The van der Waals surface area contributed by atoms with E-state index in [4.69, 9.17) is 9.47 Å². The van der Waals surface area contributed by atoms with Gasteiger partial charge in [-0.1, -0.05) is 34.1 Å². The molecule has 6 heteroatoms. The monoisotopic (exact) mass is 388 g/mol. The summed E-state index contributed by atoms with van der Waals surface area (Å²) in [6.07, 6.45) is 4.65. The van der Waals surface area contributed by atoms with E-state index in [2.05, 4.69) is 26.5 Å². The number of amides is 1. The van der Waals surface area contributed by atoms with Crippen LogP contribution in [0.2, 0.25) is 0 Å². The third-order valence-electron chi connectivity index (χ3n) is 3.09. The lowest BCUT2D eigenvalue weighted by atomic mass is 10.2. The smallest absolute Gasteiger partial charge is 0.264 e. The zero-order valence-electron chi connectivity index (χ0n) is 13.3. The highest BCUT2D eigenvalue weighted by Crippen LogP contribution is 2.27. The number of rotatable bonds is 6. The average Bonchev–Trinajstić information content (AvgIpc) is 2.61. The molecule has 2 aromatic carbocycles. The number of methoxy groups -OCH3 is 2. The van der Waals surface area contributed by atoms with Crippen LogP contribution < -0.4 is 14.9 Å². The minimum Gasteiger partial charge on any atom is -0.493 e. The van der Waals surface area contributed by atoms with Crippen LogP contribution in [0.1, 0.15) is 11.1 Å². The number of nitrogens with one attached hydrogen (secondary N) is 1. The molecular formula is C18H17BrN2O3. The zero-order chi connectivity index (χ0) is 17.4. The van der Waals surface area contributed by atoms with Gasteiger partial charge in [-0.15, -0.1) is 0 Å². The van der Waals surface area contributed by atoms with E-state index in [0.29, 0.717) is 11.5 Å². The molecule has 1 N–H and O–H groups in total. The third-order valence-corrected chi connectivity index (χ3v) is 3.62. The van der Waals surface area contributed by atoms with Crippen LogP contribution in [0.5, 0.6) is 11.5 Å². The van der Waals surface area contributed by atoms with Crippen molar-refractivity contribution in [1.82, 2.24) is 5.43 Å². The Morgan fingerprint density at radius 1 is 1.04 bits per heavy atom. The fourth-order valence-electron chi connectivity index (χ4n) is 1.88. The summed E-state index contributed by atoms with van der Waals surface area (Å²) in [5.41, 5.74) is 4.15. The molecule has 0 bridgehead atoms. The van der Waals surface area contributed by atoms with Gasteiger partial charge in [-0.25, -0.2) is 5.43 Å². The van der Waals surface area contributed by atoms with Crippen molar-refractivity contribution in [2.45, 2.75) is 0 Å². The van der Waals surface area contributed by atoms with E-state index in [0.717, 1.165) is 15.6 Å². The molecule has 0 saturated heterocycles. The lowest BCUT2D eigenvalue weighted by Gasteiger charge is -2.07. The van der Waals surface area contributed by atoms with Crippen LogP contribution in [0.25, 0.3) is 6.08 Å². The minimum absolute atomic E-state index is 0.321. The molecule has 24 heavy (non-hydrogen) atoms. The maximum Gasteiger partial charge on any atom is 0.264 e. The number of halogens is 1. The van der Waals surface area contributed by atoms with Gasteiger partial charge in [0.1, 0.15) is 0 Å². The van der Waals surface area contributed by atoms with E-state index in [1.165, 1.54) is 6.08 Å². The number of hydrogen-bond acceptors (Lipinski definition) is 4. The molecule has 0 aliphatic rings. The van der Waals surface area contributed by atoms with E-state index in [-0.39, 0.29) is 5.91 Å². The molecule has 0 radical (unpaired) electrons. The predicted octanol–water partition coefficient (Wildman–Crippen LogP) is 3.63. The van der Waals surface area contributed by atoms with Gasteiger partial charge in [-0.2, -0.15) is 5.10 Å². The van der Waals surface area contributed by atoms with Gasteiger partial charge in [0.25, 0.3) is 5.91 Å². The topological polar surface area (TPSA) is 59.9 Å². The van der Waals surface area contributed by atoms with Crippen molar-refractivity contribution in [3.63, 3.8) is 0 Å². The fraction of sp³-hybridized carbons (Fsp3) is 0.111. The van der Waals surface area contributed by atoms with Crippen LogP contribution in [0.15, 0.2) is 58.1 Å². The molecule has 2 rings (SSSR count). The molecule has 0 spiro atoms. The Kier molecular flexibility index (Phi) is 6.57. The Labute approximate surface area is 149 Å². The average molecular weight is 389 g/mol. The molecule has 2 aromatic rings. The summed E-state index contributed by atoms with van der Waals surface area (Å²) in [5.74, 6) is 0.921. The molecule has 0 heterocycles. The zero-order valence-corrected chi connectivity index (χ0v) is 14.9. The maximum atomic E-state index is 11.8. The van der Waals surface area contributed by atoms with Crippen LogP contribution in [0, 0.1) is 0 Å². The van der Waals surface area contributed by atoms with E-state index in [1.54, 1.807) is 38.6 Å². The largest absolute Gasteiger partial charge is 0.493 e. The van der Waals surface area contributed by atoms with Crippen molar-refractivity contribution in [2.24, 2.45) is 5.10 Å². The van der Waals surface area contributed by atoms with Crippen LogP contribution in [0.3, 0.4) is 0 Å². The Morgan fingerprint density at radius 3 is 2.38 bits per heavy atom. The summed E-state index contributed by atoms with van der Waals surface area (Å²) in [4.78, 5) is 11.8. The second-order valence-corrected chi connectivity index (χ2v) is 5.65. The fourth-order valence-corrected chi connectivity index (χ4v) is 2.15. The highest BCUT2D eigenvalue weighted by Gasteiger charge is 2.03. The third kappa shape index (κ3) is 5.24. The number of carbonyl (C=O) groups excluding carboxylic acids is 1. The second kappa shape index (κ2) is 8.88. The first kappa shape index (κ1) is 17.7. The molecule has 0 saturated carbocycles. The van der Waals surface area contributed by atoms with Gasteiger partial charge in [-0.05, 0) is 41.5 Å². The van der Waals surface area contributed by atoms with Crippen molar-refractivity contribution >= 4 is 34.1 Å². The standard InChI is InChI=1S/C18H17BrN2O3/c1-23-16-9-5-13(11-17(16)24-2)6-10-18(22)21-20-12-14-3-7-15(19)8-4-14/h3-12H,1-2H3,(H,21,22). The highest BCUT2D eigenvalue weighted by atomic mass is 79.9. The van der Waals surface area contributed by atoms with Crippen LogP contribution in [-0.4, -0.2) is 26.3 Å².